The highest BCUT2D eigenvalue weighted by molar-refractivity contribution is 5.73. The Hall–Kier alpha value is -2.95. The molecule has 1 fully saturated rings. The molecule has 11 heteroatoms. The highest BCUT2D eigenvalue weighted by atomic mass is 19.4. The van der Waals surface area contributed by atoms with Gasteiger partial charge in [0.2, 0.25) is 0 Å². The Labute approximate surface area is 188 Å². The minimum Gasteiger partial charge on any atom is -0.475 e. The minimum absolute atomic E-state index is 0.0588. The first-order valence-corrected chi connectivity index (χ1v) is 10.8. The quantitative estimate of drug-likeness (QED) is 0.696. The summed E-state index contributed by atoms with van der Waals surface area (Å²) in [4.78, 5) is 36.1. The molecule has 0 radical (unpaired) electrons. The van der Waals surface area contributed by atoms with Gasteiger partial charge < -0.3 is 5.11 Å². The lowest BCUT2D eigenvalue weighted by molar-refractivity contribution is -0.192. The molecular weight excluding hydrogens is 441 g/mol. The monoisotopic (exact) mass is 468 g/mol. The molecule has 1 aromatic heterocycles. The van der Waals surface area contributed by atoms with E-state index >= 15 is 0 Å². The number of carboxylic acids is 1. The maximum absolute atomic E-state index is 12.5. The Morgan fingerprint density at radius 1 is 1.06 bits per heavy atom. The number of likely N-dealkylation sites (tertiary alicyclic amines) is 1. The van der Waals surface area contributed by atoms with Crippen LogP contribution >= 0.6 is 0 Å². The number of hydrogen-bond acceptors (Lipinski definition) is 5. The van der Waals surface area contributed by atoms with E-state index in [0.29, 0.717) is 6.54 Å². The van der Waals surface area contributed by atoms with Crippen molar-refractivity contribution in [1.29, 1.82) is 0 Å². The number of rotatable bonds is 3. The standard InChI is InChI=1S/C20H26N4O2.C2HF3O2/c1-15(2)24-18(26)17(25)23-13-10-20(19(23)21-24)8-11-22(12-9-20)14-16-6-4-3-5-7-16;3-2(4,5)1(6)7/h3-7,15H,8-14H2,1-2H3;(H,6,7). The SMILES string of the molecule is CC(C)n1nc2n(c(=O)c1=O)CCC21CCN(Cc2ccccc2)CC1.O=C(O)C(F)(F)F. The number of halogens is 3. The van der Waals surface area contributed by atoms with E-state index in [2.05, 4.69) is 34.3 Å². The molecule has 0 unspecified atom stereocenters. The van der Waals surface area contributed by atoms with E-state index in [1.54, 1.807) is 4.57 Å². The summed E-state index contributed by atoms with van der Waals surface area (Å²) in [6.07, 6.45) is -2.19. The van der Waals surface area contributed by atoms with Gasteiger partial charge in [-0.2, -0.15) is 18.3 Å². The second kappa shape index (κ2) is 9.50. The van der Waals surface area contributed by atoms with Gasteiger partial charge in [0.05, 0.1) is 6.04 Å². The first kappa shape index (κ1) is 24.7. The number of alkyl halides is 3. The number of piperidine rings is 1. The summed E-state index contributed by atoms with van der Waals surface area (Å²) < 4.78 is 34.7. The number of fused-ring (bicyclic) bond motifs is 2. The number of carboxylic acid groups (broad SMARTS) is 1. The lowest BCUT2D eigenvalue weighted by atomic mass is 9.76. The zero-order valence-corrected chi connectivity index (χ0v) is 18.5. The molecule has 0 amide bonds. The summed E-state index contributed by atoms with van der Waals surface area (Å²) in [6.45, 7) is 7.36. The van der Waals surface area contributed by atoms with E-state index in [9.17, 15) is 22.8 Å². The summed E-state index contributed by atoms with van der Waals surface area (Å²) in [7, 11) is 0. The molecule has 1 spiro atoms. The molecule has 8 nitrogen and oxygen atoms in total. The van der Waals surface area contributed by atoms with Gasteiger partial charge in [-0.3, -0.25) is 19.1 Å². The summed E-state index contributed by atoms with van der Waals surface area (Å²) in [6, 6.07) is 10.4. The molecule has 0 bridgehead atoms. The fourth-order valence-electron chi connectivity index (χ4n) is 4.35. The molecule has 0 aliphatic carbocycles. The van der Waals surface area contributed by atoms with Gasteiger partial charge in [-0.15, -0.1) is 0 Å². The van der Waals surface area contributed by atoms with Crippen LogP contribution in [-0.4, -0.2) is 49.6 Å². The van der Waals surface area contributed by atoms with Gasteiger partial charge in [-0.05, 0) is 51.8 Å². The van der Waals surface area contributed by atoms with Crippen LogP contribution in [0.2, 0.25) is 0 Å². The Balaban J connectivity index is 0.000000383. The summed E-state index contributed by atoms with van der Waals surface area (Å²) >= 11 is 0. The van der Waals surface area contributed by atoms with Crippen molar-refractivity contribution in [1.82, 2.24) is 19.2 Å². The number of nitrogens with zero attached hydrogens (tertiary/aromatic N) is 4. The Kier molecular flexibility index (Phi) is 7.11. The van der Waals surface area contributed by atoms with E-state index in [-0.39, 0.29) is 11.5 Å². The second-order valence-corrected chi connectivity index (χ2v) is 8.72. The van der Waals surface area contributed by atoms with Crippen LogP contribution in [0.5, 0.6) is 0 Å². The maximum atomic E-state index is 12.5. The Morgan fingerprint density at radius 3 is 2.12 bits per heavy atom. The van der Waals surface area contributed by atoms with Crippen molar-refractivity contribution in [3.8, 4) is 0 Å². The third-order valence-corrected chi connectivity index (χ3v) is 6.18. The van der Waals surface area contributed by atoms with Gasteiger partial charge >= 0.3 is 23.3 Å². The highest BCUT2D eigenvalue weighted by Gasteiger charge is 2.44. The van der Waals surface area contributed by atoms with Gasteiger partial charge in [0, 0.05) is 18.5 Å². The van der Waals surface area contributed by atoms with E-state index in [1.165, 1.54) is 10.2 Å². The van der Waals surface area contributed by atoms with Crippen molar-refractivity contribution in [3.05, 3.63) is 62.4 Å². The van der Waals surface area contributed by atoms with Crippen LogP contribution in [0.15, 0.2) is 39.9 Å². The van der Waals surface area contributed by atoms with Crippen LogP contribution in [0.3, 0.4) is 0 Å². The Morgan fingerprint density at radius 2 is 1.61 bits per heavy atom. The van der Waals surface area contributed by atoms with E-state index < -0.39 is 23.3 Å². The van der Waals surface area contributed by atoms with Crippen molar-refractivity contribution < 1.29 is 23.1 Å². The fourth-order valence-corrected chi connectivity index (χ4v) is 4.35. The number of hydrogen-bond donors (Lipinski definition) is 1. The Bertz CT molecular complexity index is 1100. The zero-order chi connectivity index (χ0) is 24.4. The average Bonchev–Trinajstić information content (AvgIpc) is 3.11. The normalized spacial score (nSPS) is 17.5. The minimum atomic E-state index is -5.08. The first-order chi connectivity index (χ1) is 15.4. The predicted octanol–water partition coefficient (Wildman–Crippen LogP) is 2.56. The molecule has 4 rings (SSSR count). The summed E-state index contributed by atoms with van der Waals surface area (Å²) in [5.74, 6) is -1.93. The lowest BCUT2D eigenvalue weighted by Gasteiger charge is -2.38. The molecule has 1 saturated heterocycles. The summed E-state index contributed by atoms with van der Waals surface area (Å²) in [5, 5.41) is 11.8. The molecule has 1 aromatic carbocycles. The molecule has 2 aliphatic rings. The number of carbonyl (C=O) groups is 1. The third kappa shape index (κ3) is 5.35. The zero-order valence-electron chi connectivity index (χ0n) is 18.5. The fraction of sp³-hybridized carbons (Fsp3) is 0.545. The van der Waals surface area contributed by atoms with E-state index in [4.69, 9.17) is 9.90 Å². The van der Waals surface area contributed by atoms with Gasteiger partial charge in [0.1, 0.15) is 5.82 Å². The largest absolute Gasteiger partial charge is 0.490 e. The second-order valence-electron chi connectivity index (χ2n) is 8.72. The van der Waals surface area contributed by atoms with Gasteiger partial charge in [0.25, 0.3) is 0 Å². The summed E-state index contributed by atoms with van der Waals surface area (Å²) in [5.41, 5.74) is 0.365. The molecule has 1 N–H and O–H groups in total. The molecule has 0 atom stereocenters. The maximum Gasteiger partial charge on any atom is 0.490 e. The average molecular weight is 468 g/mol. The molecule has 2 aromatic rings. The van der Waals surface area contributed by atoms with Crippen molar-refractivity contribution in [2.75, 3.05) is 13.1 Å². The first-order valence-electron chi connectivity index (χ1n) is 10.8. The van der Waals surface area contributed by atoms with E-state index in [1.807, 2.05) is 19.9 Å². The number of aliphatic carboxylic acids is 1. The van der Waals surface area contributed by atoms with Crippen molar-refractivity contribution >= 4 is 5.97 Å². The lowest BCUT2D eigenvalue weighted by Crippen LogP contribution is -2.47. The number of aromatic nitrogens is 3. The van der Waals surface area contributed by atoms with Gasteiger partial charge in [-0.1, -0.05) is 30.3 Å². The van der Waals surface area contributed by atoms with Crippen LogP contribution < -0.4 is 11.1 Å². The molecule has 180 valence electrons. The topological polar surface area (TPSA) is 97.4 Å². The van der Waals surface area contributed by atoms with Gasteiger partial charge in [-0.25, -0.2) is 9.48 Å². The molecule has 3 heterocycles. The smallest absolute Gasteiger partial charge is 0.475 e. The van der Waals surface area contributed by atoms with Crippen molar-refractivity contribution in [2.45, 2.75) is 63.8 Å². The molecule has 2 aliphatic heterocycles. The van der Waals surface area contributed by atoms with E-state index in [0.717, 1.165) is 44.7 Å². The third-order valence-electron chi connectivity index (χ3n) is 6.18. The van der Waals surface area contributed by atoms with Crippen LogP contribution in [0.25, 0.3) is 0 Å². The van der Waals surface area contributed by atoms with Crippen molar-refractivity contribution in [2.24, 2.45) is 0 Å². The van der Waals surface area contributed by atoms with Crippen LogP contribution in [0.4, 0.5) is 13.2 Å². The molecular formula is C22H27F3N4O4. The predicted molar refractivity (Wildman–Crippen MR) is 114 cm³/mol. The van der Waals surface area contributed by atoms with Crippen molar-refractivity contribution in [3.63, 3.8) is 0 Å². The molecule has 0 saturated carbocycles. The highest BCUT2D eigenvalue weighted by Crippen LogP contribution is 2.41. The molecule has 33 heavy (non-hydrogen) atoms. The van der Waals surface area contributed by atoms with Crippen LogP contribution in [0, 0.1) is 0 Å². The van der Waals surface area contributed by atoms with Gasteiger partial charge in [0.15, 0.2) is 0 Å². The number of benzene rings is 1. The van der Waals surface area contributed by atoms with Crippen LogP contribution in [-0.2, 0) is 23.3 Å². The van der Waals surface area contributed by atoms with Crippen LogP contribution in [0.1, 0.15) is 50.5 Å².